The number of aliphatic hydroxyl groups is 2. The second-order valence-corrected chi connectivity index (χ2v) is 5.06. The Morgan fingerprint density at radius 3 is 2.77 bits per heavy atom. The normalized spacial score (nSPS) is 16.4. The van der Waals surface area contributed by atoms with Gasteiger partial charge in [0.2, 0.25) is 11.8 Å². The number of benzene rings is 1. The quantitative estimate of drug-likeness (QED) is 0.449. The average molecular weight is 309 g/mol. The lowest BCUT2D eigenvalue weighted by Crippen LogP contribution is -2.43. The van der Waals surface area contributed by atoms with Gasteiger partial charge in [-0.2, -0.15) is 0 Å². The Morgan fingerprint density at radius 1 is 1.41 bits per heavy atom. The lowest BCUT2D eigenvalue weighted by Gasteiger charge is -2.27. The summed E-state index contributed by atoms with van der Waals surface area (Å²) in [6, 6.07) is 3.83. The standard InChI is InChI=1S/C14H19N3O5/c15-14(21)8-1-2-12-11(3-8)16-9(7-22-12)4-13(20)17-10(5-18)6-19/h1-3,9-10,16,18-19H,4-7H2,(H2,15,21)(H,17,20). The van der Waals surface area contributed by atoms with Crippen LogP contribution >= 0.6 is 0 Å². The smallest absolute Gasteiger partial charge is 0.248 e. The van der Waals surface area contributed by atoms with Gasteiger partial charge in [0.1, 0.15) is 12.4 Å². The van der Waals surface area contributed by atoms with Crippen molar-refractivity contribution in [1.29, 1.82) is 0 Å². The second kappa shape index (κ2) is 7.10. The molecule has 0 radical (unpaired) electrons. The topological polar surface area (TPSA) is 134 Å². The molecule has 1 atom stereocenters. The van der Waals surface area contributed by atoms with Crippen LogP contribution in [-0.4, -0.2) is 53.9 Å². The molecule has 2 amide bonds. The summed E-state index contributed by atoms with van der Waals surface area (Å²) in [5, 5.41) is 23.5. The number of primary amides is 1. The first-order valence-electron chi connectivity index (χ1n) is 6.87. The molecule has 1 unspecified atom stereocenters. The van der Waals surface area contributed by atoms with Crippen LogP contribution in [0, 0.1) is 0 Å². The van der Waals surface area contributed by atoms with Gasteiger partial charge in [0.25, 0.3) is 0 Å². The fourth-order valence-electron chi connectivity index (χ4n) is 2.14. The second-order valence-electron chi connectivity index (χ2n) is 5.06. The summed E-state index contributed by atoms with van der Waals surface area (Å²) in [7, 11) is 0. The van der Waals surface area contributed by atoms with E-state index < -0.39 is 11.9 Å². The van der Waals surface area contributed by atoms with E-state index in [1.54, 1.807) is 18.2 Å². The SMILES string of the molecule is NC(=O)c1ccc2c(c1)NC(CC(=O)NC(CO)CO)CO2. The van der Waals surface area contributed by atoms with Gasteiger partial charge in [0.15, 0.2) is 0 Å². The first-order valence-corrected chi connectivity index (χ1v) is 6.87. The molecule has 0 aromatic heterocycles. The molecule has 120 valence electrons. The van der Waals surface area contributed by atoms with Gasteiger partial charge in [0, 0.05) is 5.56 Å². The Bertz CT molecular complexity index is 559. The highest BCUT2D eigenvalue weighted by molar-refractivity contribution is 5.94. The molecule has 1 aliphatic rings. The minimum atomic E-state index is -0.675. The van der Waals surface area contributed by atoms with E-state index in [1.807, 2.05) is 0 Å². The van der Waals surface area contributed by atoms with Crippen molar-refractivity contribution in [2.24, 2.45) is 5.73 Å². The number of rotatable bonds is 6. The molecule has 0 aliphatic carbocycles. The summed E-state index contributed by atoms with van der Waals surface area (Å²) in [6.45, 7) is -0.372. The van der Waals surface area contributed by atoms with Gasteiger partial charge in [-0.25, -0.2) is 0 Å². The summed E-state index contributed by atoms with van der Waals surface area (Å²) in [6.07, 6.45) is 0.108. The molecule has 8 heteroatoms. The summed E-state index contributed by atoms with van der Waals surface area (Å²) < 4.78 is 5.54. The zero-order valence-corrected chi connectivity index (χ0v) is 11.9. The first-order chi connectivity index (χ1) is 10.5. The number of anilines is 1. The number of carbonyl (C=O) groups excluding carboxylic acids is 2. The van der Waals surface area contributed by atoms with Crippen LogP contribution in [0.3, 0.4) is 0 Å². The van der Waals surface area contributed by atoms with E-state index in [1.165, 1.54) is 0 Å². The lowest BCUT2D eigenvalue weighted by molar-refractivity contribution is -0.122. The summed E-state index contributed by atoms with van der Waals surface area (Å²) in [5.41, 5.74) is 6.17. The Labute approximate surface area is 127 Å². The molecule has 0 spiro atoms. The van der Waals surface area contributed by atoms with Gasteiger partial charge in [-0.15, -0.1) is 0 Å². The van der Waals surface area contributed by atoms with Crippen LogP contribution in [0.4, 0.5) is 5.69 Å². The van der Waals surface area contributed by atoms with Crippen molar-refractivity contribution >= 4 is 17.5 Å². The number of hydrogen-bond donors (Lipinski definition) is 5. The predicted molar refractivity (Wildman–Crippen MR) is 78.6 cm³/mol. The van der Waals surface area contributed by atoms with E-state index >= 15 is 0 Å². The Kier molecular flexibility index (Phi) is 5.18. The van der Waals surface area contributed by atoms with Crippen LogP contribution < -0.4 is 21.1 Å². The summed E-state index contributed by atoms with van der Waals surface area (Å²) >= 11 is 0. The van der Waals surface area contributed by atoms with Crippen molar-refractivity contribution in [3.05, 3.63) is 23.8 Å². The number of amides is 2. The Morgan fingerprint density at radius 2 is 2.14 bits per heavy atom. The fourth-order valence-corrected chi connectivity index (χ4v) is 2.14. The monoisotopic (exact) mass is 309 g/mol. The maximum absolute atomic E-state index is 11.8. The zero-order valence-electron chi connectivity index (χ0n) is 11.9. The van der Waals surface area contributed by atoms with Gasteiger partial charge in [0.05, 0.1) is 37.4 Å². The van der Waals surface area contributed by atoms with Gasteiger partial charge >= 0.3 is 0 Å². The van der Waals surface area contributed by atoms with Crippen molar-refractivity contribution in [1.82, 2.24) is 5.32 Å². The van der Waals surface area contributed by atoms with Crippen LogP contribution in [-0.2, 0) is 4.79 Å². The molecule has 0 saturated carbocycles. The number of nitrogens with one attached hydrogen (secondary N) is 2. The third-order valence-corrected chi connectivity index (χ3v) is 3.30. The molecular weight excluding hydrogens is 290 g/mol. The molecule has 6 N–H and O–H groups in total. The molecule has 0 fully saturated rings. The minimum absolute atomic E-state index is 0.108. The Balaban J connectivity index is 1.98. The number of aliphatic hydroxyl groups excluding tert-OH is 2. The van der Waals surface area contributed by atoms with E-state index in [4.69, 9.17) is 20.7 Å². The minimum Gasteiger partial charge on any atom is -0.489 e. The van der Waals surface area contributed by atoms with Crippen molar-refractivity contribution < 1.29 is 24.5 Å². The predicted octanol–water partition coefficient (Wildman–Crippen LogP) is -1.18. The van der Waals surface area contributed by atoms with E-state index in [0.717, 1.165) is 0 Å². The van der Waals surface area contributed by atoms with E-state index in [9.17, 15) is 9.59 Å². The number of nitrogens with two attached hydrogens (primary N) is 1. The molecule has 8 nitrogen and oxygen atoms in total. The highest BCUT2D eigenvalue weighted by atomic mass is 16.5. The summed E-state index contributed by atoms with van der Waals surface area (Å²) in [4.78, 5) is 23.0. The molecule has 1 aliphatic heterocycles. The van der Waals surface area contributed by atoms with Gasteiger partial charge in [-0.05, 0) is 18.2 Å². The highest BCUT2D eigenvalue weighted by Gasteiger charge is 2.23. The zero-order chi connectivity index (χ0) is 16.1. The largest absolute Gasteiger partial charge is 0.489 e. The number of ether oxygens (including phenoxy) is 1. The molecule has 1 aromatic rings. The fraction of sp³-hybridized carbons (Fsp3) is 0.429. The third kappa shape index (κ3) is 3.86. The van der Waals surface area contributed by atoms with Crippen molar-refractivity contribution in [2.75, 3.05) is 25.1 Å². The molecular formula is C14H19N3O5. The maximum atomic E-state index is 11.8. The molecule has 1 heterocycles. The van der Waals surface area contributed by atoms with Crippen molar-refractivity contribution in [3.8, 4) is 5.75 Å². The number of carbonyl (C=O) groups is 2. The molecule has 0 saturated heterocycles. The van der Waals surface area contributed by atoms with E-state index in [2.05, 4.69) is 10.6 Å². The van der Waals surface area contributed by atoms with Crippen LogP contribution in [0.15, 0.2) is 18.2 Å². The molecule has 22 heavy (non-hydrogen) atoms. The van der Waals surface area contributed by atoms with Crippen LogP contribution in [0.1, 0.15) is 16.8 Å². The first kappa shape index (κ1) is 16.1. The van der Waals surface area contributed by atoms with Gasteiger partial charge < -0.3 is 31.3 Å². The van der Waals surface area contributed by atoms with Gasteiger partial charge in [-0.3, -0.25) is 9.59 Å². The number of fused-ring (bicyclic) bond motifs is 1. The van der Waals surface area contributed by atoms with Crippen LogP contribution in [0.25, 0.3) is 0 Å². The van der Waals surface area contributed by atoms with Crippen molar-refractivity contribution in [2.45, 2.75) is 18.5 Å². The Hall–Kier alpha value is -2.32. The van der Waals surface area contributed by atoms with Crippen molar-refractivity contribution in [3.63, 3.8) is 0 Å². The van der Waals surface area contributed by atoms with Crippen LogP contribution in [0.2, 0.25) is 0 Å². The molecule has 0 bridgehead atoms. The molecule has 1 aromatic carbocycles. The number of hydrogen-bond acceptors (Lipinski definition) is 6. The van der Waals surface area contributed by atoms with E-state index in [-0.39, 0.29) is 31.6 Å². The molecule has 2 rings (SSSR count). The lowest BCUT2D eigenvalue weighted by atomic mass is 10.1. The highest BCUT2D eigenvalue weighted by Crippen LogP contribution is 2.30. The van der Waals surface area contributed by atoms with Crippen LogP contribution in [0.5, 0.6) is 5.75 Å². The van der Waals surface area contributed by atoms with Gasteiger partial charge in [-0.1, -0.05) is 0 Å². The summed E-state index contributed by atoms with van der Waals surface area (Å²) in [5.74, 6) is -0.271. The average Bonchev–Trinajstić information content (AvgIpc) is 2.51. The third-order valence-electron chi connectivity index (χ3n) is 3.30. The maximum Gasteiger partial charge on any atom is 0.248 e. The van der Waals surface area contributed by atoms with E-state index in [0.29, 0.717) is 23.6 Å².